The van der Waals surface area contributed by atoms with Gasteiger partial charge in [0, 0.05) is 146 Å². The topological polar surface area (TPSA) is 205 Å². The Hall–Kier alpha value is -13.9. The highest BCUT2D eigenvalue weighted by atomic mass is 35.5. The number of phenols is 1. The molecule has 19 nitrogen and oxygen atoms in total. The van der Waals surface area contributed by atoms with E-state index in [9.17, 15) is 52.2 Å². The van der Waals surface area contributed by atoms with Crippen LogP contribution in [-0.4, -0.2) is 156 Å². The molecule has 0 saturated carbocycles. The van der Waals surface area contributed by atoms with E-state index in [0.717, 1.165) is 72.8 Å². The molecule has 9 heterocycles. The van der Waals surface area contributed by atoms with Crippen molar-refractivity contribution in [1.82, 2.24) is 44.2 Å². The first-order valence-corrected chi connectivity index (χ1v) is 42.7. The minimum atomic E-state index is -1.15. The summed E-state index contributed by atoms with van der Waals surface area (Å²) in [6.07, 6.45) is 1.20. The number of hydrogen-bond donors (Lipinski definition) is 1. The lowest BCUT2D eigenvalue weighted by Gasteiger charge is -2.40. The average molecular weight is 1720 g/mol. The lowest BCUT2D eigenvalue weighted by molar-refractivity contribution is -0.135. The van der Waals surface area contributed by atoms with Crippen LogP contribution >= 0.6 is 34.5 Å². The Balaban J connectivity index is 0.000000114. The molecule has 21 rings (SSSR count). The fourth-order valence-corrected chi connectivity index (χ4v) is 20.2. The van der Waals surface area contributed by atoms with Crippen molar-refractivity contribution >= 4 is 81.8 Å². The van der Waals surface area contributed by atoms with Crippen LogP contribution in [0.3, 0.4) is 0 Å². The summed E-state index contributed by atoms with van der Waals surface area (Å²) in [6.45, 7) is 9.36. The average Bonchev–Trinajstić information content (AvgIpc) is 1.62. The fraction of sp³-hybridized carbons (Fsp3) is 0.178. The van der Waals surface area contributed by atoms with Crippen molar-refractivity contribution in [3.8, 4) is 22.6 Å². The Kier molecular flexibility index (Phi) is 21.5. The normalized spacial score (nSPS) is 19.4. The van der Waals surface area contributed by atoms with Crippen LogP contribution in [0.2, 0.25) is 10.0 Å². The molecule has 4 unspecified atom stereocenters. The second-order valence-corrected chi connectivity index (χ2v) is 33.5. The summed E-state index contributed by atoms with van der Waals surface area (Å²) in [7, 11) is 1.63. The number of hydrogen-bond acceptors (Lipinski definition) is 12. The number of carbonyl (C=O) groups is 8. The Bertz CT molecular complexity index is 6490. The van der Waals surface area contributed by atoms with Crippen molar-refractivity contribution in [3.05, 3.63) is 417 Å². The molecule has 0 bridgehead atoms. The fourth-order valence-electron chi connectivity index (χ4n) is 19.4. The molecule has 0 spiro atoms. The molecule has 8 amide bonds. The van der Waals surface area contributed by atoms with Crippen molar-refractivity contribution in [2.45, 2.75) is 56.3 Å². The van der Waals surface area contributed by atoms with Gasteiger partial charge in [-0.05, 0) is 170 Å². The summed E-state index contributed by atoms with van der Waals surface area (Å²) < 4.78 is 32.2. The second kappa shape index (κ2) is 32.7. The molecule has 8 aliphatic heterocycles. The van der Waals surface area contributed by atoms with Gasteiger partial charge in [-0.15, -0.1) is 11.3 Å². The zero-order valence-electron chi connectivity index (χ0n) is 68.4. The molecule has 4 fully saturated rings. The van der Waals surface area contributed by atoms with Crippen LogP contribution in [0.25, 0.3) is 11.1 Å². The summed E-state index contributed by atoms with van der Waals surface area (Å²) >= 11 is 13.8. The van der Waals surface area contributed by atoms with Gasteiger partial charge in [-0.3, -0.25) is 38.4 Å². The van der Waals surface area contributed by atoms with Gasteiger partial charge < -0.3 is 49.0 Å². The molecule has 0 radical (unpaired) electrons. The number of rotatable bonds is 12. The van der Waals surface area contributed by atoms with Gasteiger partial charge in [0.2, 0.25) is 5.91 Å². The molecule has 24 heteroatoms. The standard InChI is InChI=1S/C30H22ClFN2O2.C27H26N2O3.C23H17FN2O3.C21H16ClN3O2S/c1-19-2-4-20(5-3-19)22-8-15-26-27(18-22)30(23-9-11-24(31)12-10-23)33(16-17-34(30)29(26)36)28(35)21-6-13-25(32)14-7-21;1-3-19-8-12-21(13-9-19)27-24-7-5-4-6-23(24)26(31)29(27)17-16-28(27)25(30)18-20-10-14-22(32-2)15-11-20;24-17-10-8-15(9-11-17)21(28)25-12-13-26-22(29)19-6-1-2-7-20(19)23(25,26)16-4-3-5-18(27)14-16;1-13-23-18(12-28-13)20(27)25-11-10-24-19(26)16-4-2-3-5-17(16)21(24,25)14-6-8-15(22)9-7-14/h2-15,18H,16-17H2,1H3;4-15H,3,16-18H2,1-2H3;1-11,14,27H,12-13H2;2-9,12H,10-11H2,1H3. The number of aromatic hydroxyl groups is 1. The molecule has 0 aliphatic carbocycles. The molecule has 13 aromatic rings. The number of phenolic OH excluding ortho intramolecular Hbond substituents is 1. The summed E-state index contributed by atoms with van der Waals surface area (Å²) in [6, 6.07) is 84.5. The van der Waals surface area contributed by atoms with Crippen molar-refractivity contribution in [3.63, 3.8) is 0 Å². The quantitative estimate of drug-likeness (QED) is 0.122. The maximum absolute atomic E-state index is 13.9. The third kappa shape index (κ3) is 13.5. The summed E-state index contributed by atoms with van der Waals surface area (Å²) in [5.74, 6) is -1.12. The van der Waals surface area contributed by atoms with E-state index in [-0.39, 0.29) is 59.4 Å². The predicted octanol–water partition coefficient (Wildman–Crippen LogP) is 17.5. The van der Waals surface area contributed by atoms with Crippen molar-refractivity contribution in [2.24, 2.45) is 0 Å². The van der Waals surface area contributed by atoms with Crippen molar-refractivity contribution in [1.29, 1.82) is 0 Å². The molecular weight excluding hydrogens is 1640 g/mol. The lowest BCUT2D eigenvalue weighted by atomic mass is 9.87. The van der Waals surface area contributed by atoms with E-state index < -0.39 is 34.3 Å². The summed E-state index contributed by atoms with van der Waals surface area (Å²) in [5.41, 5.74) is 11.0. The van der Waals surface area contributed by atoms with E-state index in [4.69, 9.17) is 27.9 Å². The molecule has 12 aromatic carbocycles. The number of carbonyl (C=O) groups excluding carboxylic acids is 8. The van der Waals surface area contributed by atoms with Crippen molar-refractivity contribution < 1.29 is 57.0 Å². The minimum Gasteiger partial charge on any atom is -0.508 e. The molecule has 4 atom stereocenters. The molecule has 4 saturated heterocycles. The molecule has 1 aromatic heterocycles. The van der Waals surface area contributed by atoms with Crippen LogP contribution < -0.4 is 4.74 Å². The van der Waals surface area contributed by atoms with Gasteiger partial charge in [0.15, 0.2) is 22.7 Å². The van der Waals surface area contributed by atoms with Crippen LogP contribution in [0.4, 0.5) is 8.78 Å². The maximum Gasteiger partial charge on any atom is 0.275 e. The van der Waals surface area contributed by atoms with Gasteiger partial charge in [0.05, 0.1) is 18.5 Å². The SMILES string of the molecule is CCc1ccc(C23c4ccccc4C(=O)N2CCN3C(=O)Cc2ccc(OC)cc2)cc1.Cc1ccc(-c2ccc3c(c2)C2(c4ccc(Cl)cc4)N(C(=O)c4ccc(F)cc4)CCN2C3=O)cc1.Cc1nc(C(=O)N2CCN3C(=O)c4ccccc4C23c2ccc(Cl)cc2)cs1.O=C(c1ccc(F)cc1)N1CCN2C(=O)c3ccccc3C12c1cccc(O)c1. The Morgan fingerprint density at radius 3 is 1.26 bits per heavy atom. The first kappa shape index (κ1) is 82.0. The van der Waals surface area contributed by atoms with Crippen LogP contribution in [0, 0.1) is 25.5 Å². The molecule has 125 heavy (non-hydrogen) atoms. The highest BCUT2D eigenvalue weighted by Crippen LogP contribution is 2.56. The van der Waals surface area contributed by atoms with Gasteiger partial charge in [0.1, 0.15) is 28.8 Å². The van der Waals surface area contributed by atoms with Crippen LogP contribution in [-0.2, 0) is 40.3 Å². The largest absolute Gasteiger partial charge is 0.508 e. The van der Waals surface area contributed by atoms with Gasteiger partial charge in [-0.25, -0.2) is 13.8 Å². The number of aromatic nitrogens is 1. The van der Waals surface area contributed by atoms with Gasteiger partial charge in [-0.1, -0.05) is 193 Å². The summed E-state index contributed by atoms with van der Waals surface area (Å²) in [4.78, 5) is 126. The number of ether oxygens (including phenoxy) is 1. The van der Waals surface area contributed by atoms with Crippen LogP contribution in [0.5, 0.6) is 11.5 Å². The molecule has 624 valence electrons. The zero-order valence-corrected chi connectivity index (χ0v) is 70.7. The number of aryl methyl sites for hydroxylation is 3. The van der Waals surface area contributed by atoms with E-state index in [1.54, 1.807) is 103 Å². The number of thiazole rings is 1. The third-order valence-corrected chi connectivity index (χ3v) is 26.3. The Labute approximate surface area is 734 Å². The monoisotopic (exact) mass is 1720 g/mol. The lowest BCUT2D eigenvalue weighted by Crippen LogP contribution is -2.52. The number of methoxy groups -OCH3 is 1. The van der Waals surface area contributed by atoms with Crippen molar-refractivity contribution in [2.75, 3.05) is 59.5 Å². The second-order valence-electron chi connectivity index (χ2n) is 31.6. The first-order valence-electron chi connectivity index (χ1n) is 41.1. The number of benzene rings is 12. The zero-order chi connectivity index (χ0) is 87.0. The highest BCUT2D eigenvalue weighted by molar-refractivity contribution is 7.09. The third-order valence-electron chi connectivity index (χ3n) is 25.0. The van der Waals surface area contributed by atoms with Gasteiger partial charge >= 0.3 is 0 Å². The Morgan fingerprint density at radius 2 is 0.816 bits per heavy atom. The number of nitrogens with zero attached hydrogens (tertiary/aromatic N) is 9. The highest BCUT2D eigenvalue weighted by Gasteiger charge is 2.64. The minimum absolute atomic E-state index is 0.00161. The predicted molar refractivity (Wildman–Crippen MR) is 471 cm³/mol. The number of halogens is 4. The van der Waals surface area contributed by atoms with Gasteiger partial charge in [0.25, 0.3) is 41.4 Å². The smallest absolute Gasteiger partial charge is 0.275 e. The van der Waals surface area contributed by atoms with E-state index in [2.05, 4.69) is 60.4 Å². The van der Waals surface area contributed by atoms with E-state index in [0.29, 0.717) is 113 Å². The van der Waals surface area contributed by atoms with Crippen LogP contribution in [0.1, 0.15) is 146 Å². The Morgan fingerprint density at radius 1 is 0.416 bits per heavy atom. The van der Waals surface area contributed by atoms with E-state index >= 15 is 0 Å². The summed E-state index contributed by atoms with van der Waals surface area (Å²) in [5, 5.41) is 13.9. The maximum atomic E-state index is 13.9. The molecule has 1 N–H and O–H groups in total. The number of amides is 8. The van der Waals surface area contributed by atoms with Gasteiger partial charge in [-0.2, -0.15) is 0 Å². The van der Waals surface area contributed by atoms with E-state index in [1.165, 1.54) is 65.4 Å². The molecular formula is C101H81Cl2F2N9O10S. The van der Waals surface area contributed by atoms with E-state index in [1.807, 2.05) is 151 Å². The number of fused-ring (bicyclic) bond motifs is 12. The van der Waals surface area contributed by atoms with Crippen LogP contribution in [0.15, 0.2) is 290 Å². The molecule has 8 aliphatic rings. The first-order chi connectivity index (χ1) is 60.5.